The lowest BCUT2D eigenvalue weighted by Crippen LogP contribution is -2.49. The second-order valence-corrected chi connectivity index (χ2v) is 8.11. The summed E-state index contributed by atoms with van der Waals surface area (Å²) in [6.07, 6.45) is 2.13. The minimum absolute atomic E-state index is 0. The number of aryl methyl sites for hydroxylation is 1. The van der Waals surface area contributed by atoms with E-state index in [1.54, 1.807) is 0 Å². The molecule has 1 atom stereocenters. The number of halogens is 1. The summed E-state index contributed by atoms with van der Waals surface area (Å²) in [5.74, 6) is 1.39. The van der Waals surface area contributed by atoms with Crippen LogP contribution in [0.4, 0.5) is 0 Å². The summed E-state index contributed by atoms with van der Waals surface area (Å²) in [4.78, 5) is 12.1. The summed E-state index contributed by atoms with van der Waals surface area (Å²) in [7, 11) is 6.30. The first-order valence-corrected chi connectivity index (χ1v) is 10.3. The molecule has 1 unspecified atom stereocenters. The van der Waals surface area contributed by atoms with Gasteiger partial charge in [-0.3, -0.25) is 14.6 Å². The van der Waals surface area contributed by atoms with E-state index in [1.807, 2.05) is 11.7 Å². The van der Waals surface area contributed by atoms with Gasteiger partial charge in [0.2, 0.25) is 0 Å². The fourth-order valence-corrected chi connectivity index (χ4v) is 3.56. The molecule has 1 aromatic heterocycles. The van der Waals surface area contributed by atoms with Crippen LogP contribution >= 0.6 is 24.0 Å². The number of hydrogen-bond acceptors (Lipinski definition) is 4. The Hall–Kier alpha value is -0.870. The minimum atomic E-state index is 0. The van der Waals surface area contributed by atoms with Gasteiger partial charge in [0.15, 0.2) is 5.96 Å². The molecule has 0 amide bonds. The zero-order valence-corrected chi connectivity index (χ0v) is 21.1. The van der Waals surface area contributed by atoms with E-state index in [0.29, 0.717) is 12.0 Å². The van der Waals surface area contributed by atoms with Gasteiger partial charge in [0.25, 0.3) is 0 Å². The molecule has 1 saturated heterocycles. The molecule has 162 valence electrons. The van der Waals surface area contributed by atoms with Crippen LogP contribution in [0.15, 0.2) is 11.2 Å². The van der Waals surface area contributed by atoms with Crippen LogP contribution < -0.4 is 5.32 Å². The first-order chi connectivity index (χ1) is 12.8. The van der Waals surface area contributed by atoms with Crippen LogP contribution in [0.3, 0.4) is 0 Å². The van der Waals surface area contributed by atoms with Gasteiger partial charge in [-0.15, -0.1) is 24.0 Å². The highest BCUT2D eigenvalue weighted by Gasteiger charge is 2.20. The standard InChI is InChI=1S/C20H39N7.HI/c1-8-21-20(22-13-17(4)27-11-9-24(5)10-12-27)25(6)14-18-15-26(7)23-19(18)16(2)3;/h15-17H,8-14H2,1-7H3,(H,21,22);1H. The Balaban J connectivity index is 0.00000392. The fourth-order valence-electron chi connectivity index (χ4n) is 3.56. The van der Waals surface area contributed by atoms with Gasteiger partial charge in [0.05, 0.1) is 12.2 Å². The summed E-state index contributed by atoms with van der Waals surface area (Å²) in [6, 6.07) is 0.463. The molecule has 1 N–H and O–H groups in total. The van der Waals surface area contributed by atoms with Crippen molar-refractivity contribution in [3.05, 3.63) is 17.5 Å². The van der Waals surface area contributed by atoms with Crippen molar-refractivity contribution in [3.63, 3.8) is 0 Å². The predicted molar refractivity (Wildman–Crippen MR) is 129 cm³/mol. The van der Waals surface area contributed by atoms with Crippen molar-refractivity contribution < 1.29 is 0 Å². The number of aromatic nitrogens is 2. The Morgan fingerprint density at radius 3 is 2.43 bits per heavy atom. The maximum atomic E-state index is 4.93. The Kier molecular flexibility index (Phi) is 10.8. The van der Waals surface area contributed by atoms with E-state index in [2.05, 4.69) is 73.1 Å². The van der Waals surface area contributed by atoms with Crippen molar-refractivity contribution in [2.75, 3.05) is 53.4 Å². The summed E-state index contributed by atoms with van der Waals surface area (Å²) < 4.78 is 1.91. The molecular formula is C20H40IN7. The lowest BCUT2D eigenvalue weighted by Gasteiger charge is -2.36. The van der Waals surface area contributed by atoms with Gasteiger partial charge in [-0.25, -0.2) is 0 Å². The van der Waals surface area contributed by atoms with Crippen molar-refractivity contribution in [2.24, 2.45) is 12.0 Å². The molecule has 0 bridgehead atoms. The normalized spacial score (nSPS) is 17.5. The van der Waals surface area contributed by atoms with Crippen LogP contribution in [0.1, 0.15) is 44.9 Å². The maximum absolute atomic E-state index is 4.93. The smallest absolute Gasteiger partial charge is 0.194 e. The van der Waals surface area contributed by atoms with Crippen molar-refractivity contribution in [1.29, 1.82) is 0 Å². The molecule has 1 aliphatic heterocycles. The van der Waals surface area contributed by atoms with Crippen molar-refractivity contribution in [2.45, 2.75) is 46.2 Å². The molecule has 28 heavy (non-hydrogen) atoms. The number of guanidine groups is 1. The quantitative estimate of drug-likeness (QED) is 0.350. The number of piperazine rings is 1. The Morgan fingerprint density at radius 1 is 1.21 bits per heavy atom. The van der Waals surface area contributed by atoms with Gasteiger partial charge in [-0.05, 0) is 26.8 Å². The molecule has 7 nitrogen and oxygen atoms in total. The second-order valence-electron chi connectivity index (χ2n) is 8.11. The molecule has 8 heteroatoms. The van der Waals surface area contributed by atoms with Crippen molar-refractivity contribution in [3.8, 4) is 0 Å². The lowest BCUT2D eigenvalue weighted by molar-refractivity contribution is 0.122. The summed E-state index contributed by atoms with van der Waals surface area (Å²) >= 11 is 0. The first kappa shape index (κ1) is 25.2. The molecule has 0 radical (unpaired) electrons. The summed E-state index contributed by atoms with van der Waals surface area (Å²) in [5.41, 5.74) is 2.44. The summed E-state index contributed by atoms with van der Waals surface area (Å²) in [6.45, 7) is 15.9. The third kappa shape index (κ3) is 7.18. The van der Waals surface area contributed by atoms with Crippen LogP contribution in [-0.2, 0) is 13.6 Å². The zero-order chi connectivity index (χ0) is 20.0. The average Bonchev–Trinajstić information content (AvgIpc) is 2.99. The van der Waals surface area contributed by atoms with E-state index < -0.39 is 0 Å². The molecule has 2 heterocycles. The second kappa shape index (κ2) is 12.0. The highest BCUT2D eigenvalue weighted by Crippen LogP contribution is 2.18. The Labute approximate surface area is 188 Å². The zero-order valence-electron chi connectivity index (χ0n) is 18.8. The van der Waals surface area contributed by atoms with Gasteiger partial charge in [0.1, 0.15) is 0 Å². The van der Waals surface area contributed by atoms with Crippen LogP contribution in [-0.4, -0.2) is 89.8 Å². The fraction of sp³-hybridized carbons (Fsp3) is 0.800. The van der Waals surface area contributed by atoms with Gasteiger partial charge in [-0.1, -0.05) is 13.8 Å². The molecule has 0 saturated carbocycles. The van der Waals surface area contributed by atoms with E-state index >= 15 is 0 Å². The third-order valence-corrected chi connectivity index (χ3v) is 5.25. The number of rotatable bonds is 7. The molecule has 1 fully saturated rings. The van der Waals surface area contributed by atoms with E-state index in [-0.39, 0.29) is 24.0 Å². The topological polar surface area (TPSA) is 51.9 Å². The molecule has 0 aromatic carbocycles. The molecule has 0 aliphatic carbocycles. The van der Waals surface area contributed by atoms with Gasteiger partial charge in [-0.2, -0.15) is 5.10 Å². The van der Waals surface area contributed by atoms with Gasteiger partial charge in [0, 0.05) is 71.2 Å². The largest absolute Gasteiger partial charge is 0.357 e. The van der Waals surface area contributed by atoms with Crippen LogP contribution in [0, 0.1) is 0 Å². The molecule has 0 spiro atoms. The molecular weight excluding hydrogens is 465 g/mol. The van der Waals surface area contributed by atoms with E-state index in [0.717, 1.165) is 51.8 Å². The average molecular weight is 505 g/mol. The number of nitrogens with one attached hydrogen (secondary N) is 1. The Morgan fingerprint density at radius 2 is 1.86 bits per heavy atom. The van der Waals surface area contributed by atoms with Crippen LogP contribution in [0.2, 0.25) is 0 Å². The molecule has 2 rings (SSSR count). The summed E-state index contributed by atoms with van der Waals surface area (Å²) in [5, 5.41) is 8.07. The van der Waals surface area contributed by atoms with Gasteiger partial charge < -0.3 is 15.1 Å². The number of aliphatic imine (C=N–C) groups is 1. The predicted octanol–water partition coefficient (Wildman–Crippen LogP) is 2.19. The maximum Gasteiger partial charge on any atom is 0.194 e. The highest BCUT2D eigenvalue weighted by molar-refractivity contribution is 14.0. The van der Waals surface area contributed by atoms with Crippen molar-refractivity contribution in [1.82, 2.24) is 29.8 Å². The number of hydrogen-bond donors (Lipinski definition) is 1. The van der Waals surface area contributed by atoms with Crippen LogP contribution in [0.5, 0.6) is 0 Å². The monoisotopic (exact) mass is 505 g/mol. The van der Waals surface area contributed by atoms with Crippen LogP contribution in [0.25, 0.3) is 0 Å². The SMILES string of the molecule is CCNC(=NCC(C)N1CCN(C)CC1)N(C)Cc1cn(C)nc1C(C)C.I. The molecule has 1 aromatic rings. The highest BCUT2D eigenvalue weighted by atomic mass is 127. The molecule has 1 aliphatic rings. The van der Waals surface area contributed by atoms with E-state index in [9.17, 15) is 0 Å². The number of likely N-dealkylation sites (N-methyl/N-ethyl adjacent to an activating group) is 1. The minimum Gasteiger partial charge on any atom is -0.357 e. The van der Waals surface area contributed by atoms with E-state index in [1.165, 1.54) is 11.3 Å². The first-order valence-electron chi connectivity index (χ1n) is 10.3. The van der Waals surface area contributed by atoms with E-state index in [4.69, 9.17) is 4.99 Å². The number of nitrogens with zero attached hydrogens (tertiary/aromatic N) is 6. The lowest BCUT2D eigenvalue weighted by atomic mass is 10.1. The third-order valence-electron chi connectivity index (χ3n) is 5.25. The van der Waals surface area contributed by atoms with Gasteiger partial charge >= 0.3 is 0 Å². The van der Waals surface area contributed by atoms with Crippen molar-refractivity contribution >= 4 is 29.9 Å². The Bertz CT molecular complexity index is 606.